The zero-order valence-corrected chi connectivity index (χ0v) is 64.5. The first-order valence-corrected chi connectivity index (χ1v) is 43.0. The molecule has 0 saturated carbocycles. The predicted octanol–water partition coefficient (Wildman–Crippen LogP) is 22.7. The van der Waals surface area contributed by atoms with Gasteiger partial charge in [-0.3, -0.25) is 37.3 Å². The summed E-state index contributed by atoms with van der Waals surface area (Å²) in [6.07, 6.45) is 56.6. The summed E-state index contributed by atoms with van der Waals surface area (Å²) in [5.41, 5.74) is 0. The number of unbranched alkanes of at least 4 members (excludes halogenated alkanes) is 45. The van der Waals surface area contributed by atoms with Gasteiger partial charge >= 0.3 is 39.5 Å². The molecule has 0 saturated heterocycles. The van der Waals surface area contributed by atoms with Crippen LogP contribution in [0.1, 0.15) is 401 Å². The van der Waals surface area contributed by atoms with Crippen molar-refractivity contribution < 1.29 is 80.2 Å². The van der Waals surface area contributed by atoms with Gasteiger partial charge in [-0.1, -0.05) is 350 Å². The molecule has 0 aliphatic rings. The molecule has 0 amide bonds. The second kappa shape index (κ2) is 68.8. The third-order valence-corrected chi connectivity index (χ3v) is 20.2. The zero-order chi connectivity index (χ0) is 70.7. The van der Waals surface area contributed by atoms with E-state index in [0.717, 1.165) is 102 Å². The Balaban J connectivity index is 5.28. The van der Waals surface area contributed by atoms with Gasteiger partial charge in [0.2, 0.25) is 0 Å². The molecule has 0 bridgehead atoms. The number of esters is 4. The topological polar surface area (TPSA) is 237 Å². The summed E-state index contributed by atoms with van der Waals surface area (Å²) in [5.74, 6) is -0.542. The Morgan fingerprint density at radius 2 is 0.531 bits per heavy atom. The number of phosphoric ester groups is 2. The highest BCUT2D eigenvalue weighted by Gasteiger charge is 2.30. The van der Waals surface area contributed by atoms with E-state index in [1.54, 1.807) is 0 Å². The third-order valence-electron chi connectivity index (χ3n) is 18.3. The summed E-state index contributed by atoms with van der Waals surface area (Å²) in [6, 6.07) is 0. The molecule has 0 radical (unpaired) electrons. The van der Waals surface area contributed by atoms with Crippen molar-refractivity contribution >= 4 is 39.5 Å². The standard InChI is InChI=1S/C77H150O17P2/c1-7-10-12-14-16-18-20-22-24-26-28-38-44-50-56-62-77(82)94-73(66-88-75(80)60-54-48-42-36-32-30-34-40-46-52-58-70(6)9-3)68-92-96(85,86)90-64-71(78)63-89-95(83,84)91-67-72(65-87-74(79)59-53-47-41-35-31-29-33-39-45-51-57-69(4)5)93-76(81)61-55-49-43-37-27-25-23-21-19-17-15-13-11-8-2/h69-73,78H,7-68H2,1-6H3,(H,83,84)(H,85,86)/t70?,71-,72+,73+/m0/s1. The van der Waals surface area contributed by atoms with Gasteiger partial charge in [-0.05, 0) is 37.5 Å². The largest absolute Gasteiger partial charge is 0.472 e. The second-order valence-corrected chi connectivity index (χ2v) is 31.4. The van der Waals surface area contributed by atoms with Crippen LogP contribution in [0.25, 0.3) is 0 Å². The molecule has 0 heterocycles. The van der Waals surface area contributed by atoms with E-state index in [9.17, 15) is 43.2 Å². The van der Waals surface area contributed by atoms with E-state index in [1.165, 1.54) is 218 Å². The fourth-order valence-corrected chi connectivity index (χ4v) is 13.4. The first kappa shape index (κ1) is 94.1. The Morgan fingerprint density at radius 1 is 0.302 bits per heavy atom. The maximum Gasteiger partial charge on any atom is 0.472 e. The lowest BCUT2D eigenvalue weighted by atomic mass is 9.99. The molecular formula is C77H150O17P2. The quantitative estimate of drug-likeness (QED) is 0.0222. The van der Waals surface area contributed by atoms with Crippen LogP contribution in [0.2, 0.25) is 0 Å². The van der Waals surface area contributed by atoms with E-state index >= 15 is 0 Å². The third kappa shape index (κ3) is 69.2. The highest BCUT2D eigenvalue weighted by molar-refractivity contribution is 7.47. The van der Waals surface area contributed by atoms with Gasteiger partial charge in [0.15, 0.2) is 12.2 Å². The number of aliphatic hydroxyl groups excluding tert-OH is 1. The lowest BCUT2D eigenvalue weighted by Crippen LogP contribution is -2.30. The van der Waals surface area contributed by atoms with Gasteiger partial charge in [0.1, 0.15) is 19.3 Å². The van der Waals surface area contributed by atoms with Crippen molar-refractivity contribution in [1.82, 2.24) is 0 Å². The number of rotatable bonds is 76. The highest BCUT2D eigenvalue weighted by Crippen LogP contribution is 2.45. The van der Waals surface area contributed by atoms with Crippen LogP contribution in [-0.4, -0.2) is 96.7 Å². The lowest BCUT2D eigenvalue weighted by molar-refractivity contribution is -0.161. The smallest absolute Gasteiger partial charge is 0.462 e. The van der Waals surface area contributed by atoms with Gasteiger partial charge in [0.05, 0.1) is 26.4 Å². The molecule has 6 atom stereocenters. The maximum absolute atomic E-state index is 13.1. The van der Waals surface area contributed by atoms with E-state index < -0.39 is 97.5 Å². The molecule has 0 spiro atoms. The second-order valence-electron chi connectivity index (χ2n) is 28.5. The number of aliphatic hydroxyl groups is 1. The normalized spacial score (nSPS) is 14.3. The van der Waals surface area contributed by atoms with Gasteiger partial charge in [0.25, 0.3) is 0 Å². The number of carbonyl (C=O) groups is 4. The fourth-order valence-electron chi connectivity index (χ4n) is 11.8. The minimum atomic E-state index is -4.96. The van der Waals surface area contributed by atoms with Crippen molar-refractivity contribution in [2.45, 2.75) is 419 Å². The molecule has 570 valence electrons. The van der Waals surface area contributed by atoms with Crippen molar-refractivity contribution in [3.63, 3.8) is 0 Å². The Kier molecular flexibility index (Phi) is 67.4. The monoisotopic (exact) mass is 1410 g/mol. The minimum Gasteiger partial charge on any atom is -0.462 e. The van der Waals surface area contributed by atoms with Crippen molar-refractivity contribution in [3.05, 3.63) is 0 Å². The predicted molar refractivity (Wildman–Crippen MR) is 391 cm³/mol. The molecule has 0 aliphatic carbocycles. The molecule has 0 aromatic rings. The van der Waals surface area contributed by atoms with Crippen LogP contribution in [0.5, 0.6) is 0 Å². The lowest BCUT2D eigenvalue weighted by Gasteiger charge is -2.21. The zero-order valence-electron chi connectivity index (χ0n) is 62.7. The molecule has 0 aromatic carbocycles. The van der Waals surface area contributed by atoms with E-state index in [1.807, 2.05) is 0 Å². The Morgan fingerprint density at radius 3 is 0.792 bits per heavy atom. The van der Waals surface area contributed by atoms with Gasteiger partial charge in [-0.15, -0.1) is 0 Å². The average Bonchev–Trinajstić information content (AvgIpc) is 1.73. The average molecular weight is 1410 g/mol. The number of ether oxygens (including phenoxy) is 4. The molecule has 0 aromatic heterocycles. The van der Waals surface area contributed by atoms with Crippen LogP contribution >= 0.6 is 15.6 Å². The Hall–Kier alpha value is -1.94. The van der Waals surface area contributed by atoms with Crippen LogP contribution in [0.15, 0.2) is 0 Å². The number of phosphoric acid groups is 2. The van der Waals surface area contributed by atoms with Gasteiger partial charge in [-0.2, -0.15) is 0 Å². The van der Waals surface area contributed by atoms with Gasteiger partial charge < -0.3 is 33.8 Å². The Labute approximate surface area is 588 Å². The maximum atomic E-state index is 13.1. The molecule has 0 aliphatic heterocycles. The summed E-state index contributed by atoms with van der Waals surface area (Å²) < 4.78 is 68.6. The van der Waals surface area contributed by atoms with Crippen molar-refractivity contribution in [1.29, 1.82) is 0 Å². The first-order valence-electron chi connectivity index (χ1n) is 40.0. The number of hydrogen-bond acceptors (Lipinski definition) is 15. The van der Waals surface area contributed by atoms with Crippen LogP contribution in [0, 0.1) is 11.8 Å². The van der Waals surface area contributed by atoms with Crippen molar-refractivity contribution in [3.8, 4) is 0 Å². The molecule has 19 heteroatoms. The number of hydrogen-bond donors (Lipinski definition) is 3. The van der Waals surface area contributed by atoms with Crippen LogP contribution in [0.4, 0.5) is 0 Å². The first-order chi connectivity index (χ1) is 46.4. The SMILES string of the molecule is CCCCCCCCCCCCCCCCCC(=O)O[C@H](COC(=O)CCCCCCCCCCCCC(C)CC)COP(=O)(O)OC[C@@H](O)COP(=O)(O)OC[C@@H](COC(=O)CCCCCCCCCCCCC(C)C)OC(=O)CCCCCCCCCCCCCCCC. The summed E-state index contributed by atoms with van der Waals surface area (Å²) in [5, 5.41) is 10.6. The summed E-state index contributed by atoms with van der Waals surface area (Å²) in [7, 11) is -9.91. The summed E-state index contributed by atoms with van der Waals surface area (Å²) in [6.45, 7) is 9.64. The molecule has 96 heavy (non-hydrogen) atoms. The van der Waals surface area contributed by atoms with Gasteiger partial charge in [-0.25, -0.2) is 9.13 Å². The molecule has 17 nitrogen and oxygen atoms in total. The Bertz CT molecular complexity index is 1860. The van der Waals surface area contributed by atoms with E-state index in [4.69, 9.17) is 37.0 Å². The molecule has 3 N–H and O–H groups in total. The van der Waals surface area contributed by atoms with Crippen LogP contribution in [0.3, 0.4) is 0 Å². The number of carbonyl (C=O) groups excluding carboxylic acids is 4. The highest BCUT2D eigenvalue weighted by atomic mass is 31.2. The van der Waals surface area contributed by atoms with Gasteiger partial charge in [0, 0.05) is 25.7 Å². The summed E-state index contributed by atoms with van der Waals surface area (Å²) >= 11 is 0. The molecule has 0 fully saturated rings. The van der Waals surface area contributed by atoms with Crippen molar-refractivity contribution in [2.75, 3.05) is 39.6 Å². The van der Waals surface area contributed by atoms with Crippen molar-refractivity contribution in [2.24, 2.45) is 11.8 Å². The van der Waals surface area contributed by atoms with E-state index in [-0.39, 0.29) is 25.7 Å². The van der Waals surface area contributed by atoms with Crippen LogP contribution < -0.4 is 0 Å². The minimum absolute atomic E-state index is 0.108. The van der Waals surface area contributed by atoms with E-state index in [0.29, 0.717) is 25.7 Å². The summed E-state index contributed by atoms with van der Waals surface area (Å²) in [4.78, 5) is 72.9. The van der Waals surface area contributed by atoms with E-state index in [2.05, 4.69) is 41.5 Å². The fraction of sp³-hybridized carbons (Fsp3) is 0.948. The van der Waals surface area contributed by atoms with Crippen LogP contribution in [-0.2, 0) is 65.4 Å². The molecular weight excluding hydrogens is 1260 g/mol. The molecule has 3 unspecified atom stereocenters. The molecule has 0 rings (SSSR count).